The first-order valence-corrected chi connectivity index (χ1v) is 12.4. The summed E-state index contributed by atoms with van der Waals surface area (Å²) in [7, 11) is 1.62. The number of carbonyl (C=O) groups excluding carboxylic acids is 3. The molecule has 0 bridgehead atoms. The molecule has 2 heterocycles. The zero-order chi connectivity index (χ0) is 25.9. The molecule has 1 fully saturated rings. The Morgan fingerprint density at radius 2 is 1.83 bits per heavy atom. The van der Waals surface area contributed by atoms with E-state index in [1.807, 2.05) is 20.8 Å². The van der Waals surface area contributed by atoms with Crippen LogP contribution in [0.2, 0.25) is 10.0 Å². The third kappa shape index (κ3) is 6.59. The van der Waals surface area contributed by atoms with Crippen LogP contribution in [0.5, 0.6) is 0 Å². The second-order valence-corrected chi connectivity index (χ2v) is 10.5. The maximum Gasteiger partial charge on any atom is 0.338 e. The maximum absolute atomic E-state index is 13.1. The first-order chi connectivity index (χ1) is 16.4. The van der Waals surface area contributed by atoms with E-state index in [0.717, 1.165) is 0 Å². The molecule has 192 valence electrons. The lowest BCUT2D eigenvalue weighted by molar-refractivity contribution is -0.139. The predicted octanol–water partition coefficient (Wildman–Crippen LogP) is 3.63. The third-order valence-electron chi connectivity index (χ3n) is 5.86. The number of nitrogens with zero attached hydrogens (tertiary/aromatic N) is 3. The molecule has 35 heavy (non-hydrogen) atoms. The number of urea groups is 2. The number of ether oxygens (including phenoxy) is 1. The van der Waals surface area contributed by atoms with Crippen molar-refractivity contribution in [2.45, 2.75) is 39.3 Å². The average molecular weight is 526 g/mol. The first-order valence-electron chi connectivity index (χ1n) is 11.6. The highest BCUT2D eigenvalue weighted by Crippen LogP contribution is 2.36. The summed E-state index contributed by atoms with van der Waals surface area (Å²) in [6.45, 7) is 10.4. The van der Waals surface area contributed by atoms with Crippen molar-refractivity contribution in [1.29, 1.82) is 0 Å². The Morgan fingerprint density at radius 3 is 2.40 bits per heavy atom. The summed E-state index contributed by atoms with van der Waals surface area (Å²) in [4.78, 5) is 43.9. The molecule has 3 rings (SSSR count). The fourth-order valence-electron chi connectivity index (χ4n) is 4.09. The summed E-state index contributed by atoms with van der Waals surface area (Å²) in [6.07, 6.45) is 0. The summed E-state index contributed by atoms with van der Waals surface area (Å²) in [5, 5.41) is 6.64. The molecule has 1 atom stereocenters. The zero-order valence-electron chi connectivity index (χ0n) is 20.8. The van der Waals surface area contributed by atoms with Crippen LogP contribution in [-0.4, -0.2) is 84.6 Å². The van der Waals surface area contributed by atoms with E-state index in [4.69, 9.17) is 27.9 Å². The molecule has 2 N–H and O–H groups in total. The Morgan fingerprint density at radius 1 is 1.17 bits per heavy atom. The number of hydrogen-bond acceptors (Lipinski definition) is 5. The van der Waals surface area contributed by atoms with E-state index in [1.54, 1.807) is 37.1 Å². The lowest BCUT2D eigenvalue weighted by atomic mass is 9.94. The lowest BCUT2D eigenvalue weighted by Crippen LogP contribution is -2.56. The number of carbonyl (C=O) groups is 3. The zero-order valence-corrected chi connectivity index (χ0v) is 22.3. The molecule has 0 aromatic heterocycles. The third-order valence-corrected chi connectivity index (χ3v) is 6.42. The van der Waals surface area contributed by atoms with Gasteiger partial charge in [0.1, 0.15) is 0 Å². The quantitative estimate of drug-likeness (QED) is 0.572. The van der Waals surface area contributed by atoms with Crippen molar-refractivity contribution in [3.8, 4) is 0 Å². The maximum atomic E-state index is 13.1. The lowest BCUT2D eigenvalue weighted by Gasteiger charge is -2.40. The van der Waals surface area contributed by atoms with Gasteiger partial charge in [0, 0.05) is 61.1 Å². The van der Waals surface area contributed by atoms with Gasteiger partial charge < -0.3 is 20.3 Å². The van der Waals surface area contributed by atoms with Crippen LogP contribution in [0, 0.1) is 0 Å². The number of nitrogens with one attached hydrogen (secondary N) is 2. The van der Waals surface area contributed by atoms with Crippen molar-refractivity contribution in [2.24, 2.45) is 0 Å². The number of hydrogen-bond donors (Lipinski definition) is 2. The van der Waals surface area contributed by atoms with Crippen LogP contribution >= 0.6 is 23.2 Å². The van der Waals surface area contributed by atoms with Gasteiger partial charge in [0.25, 0.3) is 0 Å². The van der Waals surface area contributed by atoms with E-state index < -0.39 is 12.0 Å². The van der Waals surface area contributed by atoms with E-state index in [-0.39, 0.29) is 24.2 Å². The largest absolute Gasteiger partial charge is 0.463 e. The van der Waals surface area contributed by atoms with E-state index in [0.29, 0.717) is 59.6 Å². The molecule has 1 aromatic rings. The number of likely N-dealkylation sites (N-methyl/N-ethyl adjacent to an activating group) is 1. The molecule has 0 radical (unpaired) electrons. The minimum Gasteiger partial charge on any atom is -0.463 e. The van der Waals surface area contributed by atoms with Gasteiger partial charge >= 0.3 is 18.0 Å². The molecular formula is C24H33Cl2N5O4. The van der Waals surface area contributed by atoms with E-state index in [9.17, 15) is 14.4 Å². The predicted molar refractivity (Wildman–Crippen MR) is 135 cm³/mol. The molecule has 1 unspecified atom stereocenters. The van der Waals surface area contributed by atoms with Gasteiger partial charge in [-0.2, -0.15) is 0 Å². The molecule has 2 aliphatic heterocycles. The van der Waals surface area contributed by atoms with Crippen molar-refractivity contribution >= 4 is 41.2 Å². The molecule has 0 spiro atoms. The standard InChI is InChI=1S/C24H33Cl2N5O4/c1-6-35-21(32)19-18(14-30-9-11-31(12-10-30)23(34)28-24(2,3)4)29(5)22(33)27-20(19)16-8-7-15(25)13-17(16)26/h7-8,13,20H,6,9-12,14H2,1-5H3,(H,27,33)(H,28,34). The number of piperazine rings is 1. The number of halogens is 2. The smallest absolute Gasteiger partial charge is 0.338 e. The highest BCUT2D eigenvalue weighted by molar-refractivity contribution is 6.35. The van der Waals surface area contributed by atoms with Gasteiger partial charge in [0.15, 0.2) is 0 Å². The van der Waals surface area contributed by atoms with Crippen LogP contribution in [-0.2, 0) is 9.53 Å². The van der Waals surface area contributed by atoms with E-state index >= 15 is 0 Å². The first kappa shape index (κ1) is 27.1. The summed E-state index contributed by atoms with van der Waals surface area (Å²) >= 11 is 12.5. The molecule has 11 heteroatoms. The second-order valence-electron chi connectivity index (χ2n) is 9.63. The SMILES string of the molecule is CCOC(=O)C1=C(CN2CCN(C(=O)NC(C)(C)C)CC2)N(C)C(=O)NC1c1ccc(Cl)cc1Cl. The Hall–Kier alpha value is -2.49. The molecule has 1 saturated heterocycles. The summed E-state index contributed by atoms with van der Waals surface area (Å²) < 4.78 is 5.37. The highest BCUT2D eigenvalue weighted by Gasteiger charge is 2.38. The summed E-state index contributed by atoms with van der Waals surface area (Å²) in [5.74, 6) is -0.520. The summed E-state index contributed by atoms with van der Waals surface area (Å²) in [5.41, 5.74) is 1.10. The fourth-order valence-corrected chi connectivity index (χ4v) is 4.61. The number of esters is 1. The molecule has 0 aliphatic carbocycles. The fraction of sp³-hybridized carbons (Fsp3) is 0.542. The second kappa shape index (κ2) is 11.1. The Kier molecular flexibility index (Phi) is 8.56. The van der Waals surface area contributed by atoms with Gasteiger partial charge in [-0.25, -0.2) is 14.4 Å². The topological polar surface area (TPSA) is 94.2 Å². The van der Waals surface area contributed by atoms with Crippen molar-refractivity contribution < 1.29 is 19.1 Å². The van der Waals surface area contributed by atoms with Crippen molar-refractivity contribution in [1.82, 2.24) is 25.3 Å². The minimum atomic E-state index is -0.781. The van der Waals surface area contributed by atoms with Crippen LogP contribution < -0.4 is 10.6 Å². The van der Waals surface area contributed by atoms with Crippen molar-refractivity contribution in [3.05, 3.63) is 45.1 Å². The minimum absolute atomic E-state index is 0.102. The molecule has 2 aliphatic rings. The van der Waals surface area contributed by atoms with Gasteiger partial charge in [-0.1, -0.05) is 29.3 Å². The van der Waals surface area contributed by atoms with Crippen LogP contribution in [0.15, 0.2) is 29.5 Å². The molecular weight excluding hydrogens is 493 g/mol. The van der Waals surface area contributed by atoms with Crippen LogP contribution in [0.4, 0.5) is 9.59 Å². The number of rotatable bonds is 5. The Labute approximate surface area is 216 Å². The molecule has 0 saturated carbocycles. The van der Waals surface area contributed by atoms with Crippen molar-refractivity contribution in [2.75, 3.05) is 46.4 Å². The molecule has 4 amide bonds. The monoisotopic (exact) mass is 525 g/mol. The molecule has 1 aromatic carbocycles. The van der Waals surface area contributed by atoms with Crippen molar-refractivity contribution in [3.63, 3.8) is 0 Å². The van der Waals surface area contributed by atoms with Gasteiger partial charge in [0.2, 0.25) is 0 Å². The van der Waals surface area contributed by atoms with Gasteiger partial charge in [-0.05, 0) is 45.4 Å². The number of benzene rings is 1. The van der Waals surface area contributed by atoms with Gasteiger partial charge in [0.05, 0.1) is 18.2 Å². The van der Waals surface area contributed by atoms with Crippen LogP contribution in [0.25, 0.3) is 0 Å². The van der Waals surface area contributed by atoms with Gasteiger partial charge in [-0.3, -0.25) is 9.80 Å². The Bertz CT molecular complexity index is 1020. The van der Waals surface area contributed by atoms with Crippen LogP contribution in [0.3, 0.4) is 0 Å². The molecule has 9 nitrogen and oxygen atoms in total. The summed E-state index contributed by atoms with van der Waals surface area (Å²) in [6, 6.07) is 3.70. The number of amides is 4. The normalized spacial score (nSPS) is 19.5. The average Bonchev–Trinajstić information content (AvgIpc) is 2.76. The van der Waals surface area contributed by atoms with E-state index in [2.05, 4.69) is 15.5 Å². The van der Waals surface area contributed by atoms with Crippen LogP contribution in [0.1, 0.15) is 39.3 Å². The van der Waals surface area contributed by atoms with Gasteiger partial charge in [-0.15, -0.1) is 0 Å². The van der Waals surface area contributed by atoms with E-state index in [1.165, 1.54) is 4.90 Å². The highest BCUT2D eigenvalue weighted by atomic mass is 35.5. The Balaban J connectivity index is 1.88.